The lowest BCUT2D eigenvalue weighted by Crippen LogP contribution is -2.71. The monoisotopic (exact) mass is 1520 g/mol. The number of amides is 5. The maximum absolute atomic E-state index is 12.9. The SMILES string of the molecule is CC(=O)N[C@@H]1[C@@H](O)[C@H](O[C@@H]2O[C@H](CO)[C@@H](O[C@@H]3O[C@H](CO[C@H]4O[C@H](CO)[C@@H](O)[C@H](O)[C@H]4O[C@@H]4O[C@H](CO)[C@@H](O[C@@H]5O[C@H](CO)[C@H](O)[C@H](O)[C@H]5NC(C)=O)[C@H](O)[C@H]4NC(C)=O)[C@@H](O)[C@H](O[C@H]4O[C@H](CO)[C@@H](O)[C@H](O)[C@H]4O[C@@H]4O[C@H](CO)[C@@H](O)[C@H](O)[C@H]4NC(C)=O)[C@@H]3O)[C@H](O)[C@H]2NC(C)=O)[C@@H](CO)O[C@H]1O. The molecule has 8 saturated heterocycles. The van der Waals surface area contributed by atoms with Crippen molar-refractivity contribution in [2.75, 3.05) is 52.9 Å². The average molecular weight is 1520 g/mol. The molecule has 5 amide bonds. The van der Waals surface area contributed by atoms with Crippen molar-refractivity contribution in [3.8, 4) is 0 Å². The smallest absolute Gasteiger partial charge is 0.217 e. The van der Waals surface area contributed by atoms with E-state index in [0.717, 1.165) is 34.6 Å². The average Bonchev–Trinajstić information content (AvgIpc) is 0.773. The summed E-state index contributed by atoms with van der Waals surface area (Å²) in [6, 6.07) is -8.78. The van der Waals surface area contributed by atoms with E-state index in [9.17, 15) is 131 Å². The summed E-state index contributed by atoms with van der Waals surface area (Å²) in [6.07, 6.45) is -71.2. The van der Waals surface area contributed by atoms with Crippen LogP contribution in [0.2, 0.25) is 0 Å². The summed E-state index contributed by atoms with van der Waals surface area (Å²) < 4.78 is 89.3. The molecular weight excluding hydrogens is 1420 g/mol. The van der Waals surface area contributed by atoms with Crippen molar-refractivity contribution < 1.29 is 202 Å². The minimum Gasteiger partial charge on any atom is -0.394 e. The predicted octanol–water partition coefficient (Wildman–Crippen LogP) is -17.7. The van der Waals surface area contributed by atoms with E-state index in [1.807, 2.05) is 0 Å². The maximum Gasteiger partial charge on any atom is 0.217 e. The Balaban J connectivity index is 1.14. The van der Waals surface area contributed by atoms with Gasteiger partial charge in [-0.2, -0.15) is 0 Å². The zero-order valence-electron chi connectivity index (χ0n) is 56.3. The van der Waals surface area contributed by atoms with Gasteiger partial charge in [-0.3, -0.25) is 24.0 Å². The zero-order valence-corrected chi connectivity index (χ0v) is 56.3. The van der Waals surface area contributed by atoms with Crippen LogP contribution >= 0.6 is 0 Å². The molecule has 0 bridgehead atoms. The minimum absolute atomic E-state index is 0.771. The van der Waals surface area contributed by atoms with Gasteiger partial charge in [-0.1, -0.05) is 0 Å². The summed E-state index contributed by atoms with van der Waals surface area (Å²) in [5.41, 5.74) is 0. The Morgan fingerprint density at radius 2 is 0.510 bits per heavy atom. The summed E-state index contributed by atoms with van der Waals surface area (Å²) in [5.74, 6) is -4.24. The third-order valence-electron chi connectivity index (χ3n) is 18.7. The van der Waals surface area contributed by atoms with Gasteiger partial charge in [0, 0.05) is 34.6 Å². The highest BCUT2D eigenvalue weighted by atomic mass is 16.8. The van der Waals surface area contributed by atoms with Crippen molar-refractivity contribution in [2.24, 2.45) is 0 Å². The van der Waals surface area contributed by atoms with Crippen LogP contribution in [0, 0.1) is 0 Å². The van der Waals surface area contributed by atoms with Crippen molar-refractivity contribution in [1.29, 1.82) is 0 Å². The van der Waals surface area contributed by atoms with Gasteiger partial charge >= 0.3 is 0 Å². The van der Waals surface area contributed by atoms with E-state index in [-0.39, 0.29) is 0 Å². The molecule has 0 radical (unpaired) electrons. The summed E-state index contributed by atoms with van der Waals surface area (Å²) in [5, 5.41) is 245. The number of hydrogen-bond acceptors (Lipinski definition) is 41. The molecule has 0 aromatic heterocycles. The summed E-state index contributed by atoms with van der Waals surface area (Å²) in [7, 11) is 0. The fraction of sp³-hybridized carbons (Fsp3) is 0.914. The van der Waals surface area contributed by atoms with Crippen molar-refractivity contribution in [1.82, 2.24) is 26.6 Å². The first-order chi connectivity index (χ1) is 49.2. The molecule has 8 aliphatic heterocycles. The Morgan fingerprint density at radius 3 is 0.875 bits per heavy atom. The number of hydrogen-bond donors (Lipinski definition) is 26. The zero-order chi connectivity index (χ0) is 76.8. The molecule has 0 aliphatic carbocycles. The lowest BCUT2D eigenvalue weighted by atomic mass is 9.93. The summed E-state index contributed by atoms with van der Waals surface area (Å²) in [4.78, 5) is 62.6. The first kappa shape index (κ1) is 85.5. The predicted molar refractivity (Wildman–Crippen MR) is 322 cm³/mol. The standard InChI is InChI=1S/C58H97N5O41/c1-14(71)59-27-39(83)45(23(10-68)91-51(27)89)99-54-30(62-17(4)74)41(85)47(25(12-70)96-54)101-56-44(88)48(102-58-50(43(87)35(79)22(9-67)95-58)104-53-29(61-16(3)73)38(82)33(77)20(7-65)93-53)36(80)26(98-56)13-90-57-49(42(86)34(78)21(8-66)94-57)103-55-31(63-18(5)75)40(84)46(24(11-69)97-55)100-52-28(60-15(2)72)37(81)32(76)19(6-64)92-52/h19-58,64-70,76-89H,6-13H2,1-5H3,(H,59,71)(H,60,72)(H,61,73)(H,62,74)(H,63,75)/t19-,20-,21-,22-,23-,24-,25-,26-,27-,28-,29-,30-,31-,32+,33-,34-,35-,36-,37-,38-,39-,40-,41-,42+,43+,44+,45-,46-,47-,48+,49-,50-,51-,52+,53+,54+,55+,56+,57+,58-/m1/s1. The molecule has 8 fully saturated rings. The quantitative estimate of drug-likeness (QED) is 0.0363. The van der Waals surface area contributed by atoms with Crippen LogP contribution in [-0.2, 0) is 95.0 Å². The maximum atomic E-state index is 12.9. The fourth-order valence-corrected chi connectivity index (χ4v) is 13.4. The Kier molecular flexibility index (Phi) is 30.9. The number of aliphatic hydroxyl groups is 21. The fourth-order valence-electron chi connectivity index (χ4n) is 13.4. The van der Waals surface area contributed by atoms with Crippen molar-refractivity contribution in [2.45, 2.75) is 280 Å². The van der Waals surface area contributed by atoms with E-state index in [1.165, 1.54) is 0 Å². The first-order valence-electron chi connectivity index (χ1n) is 33.1. The van der Waals surface area contributed by atoms with Crippen LogP contribution in [0.4, 0.5) is 0 Å². The molecule has 8 rings (SSSR count). The normalized spacial score (nSPS) is 47.2. The molecule has 104 heavy (non-hydrogen) atoms. The van der Waals surface area contributed by atoms with Crippen LogP contribution in [0.3, 0.4) is 0 Å². The van der Waals surface area contributed by atoms with Gasteiger partial charge in [0.2, 0.25) is 29.5 Å². The molecule has 40 atom stereocenters. The third-order valence-corrected chi connectivity index (χ3v) is 18.7. The molecule has 0 spiro atoms. The second kappa shape index (κ2) is 37.5. The Labute approximate surface area is 589 Å². The van der Waals surface area contributed by atoms with E-state index in [0.29, 0.717) is 0 Å². The third kappa shape index (κ3) is 19.2. The Hall–Kier alpha value is -4.09. The molecule has 46 heteroatoms. The Bertz CT molecular complexity index is 2770. The van der Waals surface area contributed by atoms with Crippen molar-refractivity contribution in [3.05, 3.63) is 0 Å². The number of nitrogens with one attached hydrogen (secondary N) is 5. The lowest BCUT2D eigenvalue weighted by Gasteiger charge is -2.51. The molecule has 0 saturated carbocycles. The number of carbonyl (C=O) groups is 5. The highest BCUT2D eigenvalue weighted by molar-refractivity contribution is 5.75. The van der Waals surface area contributed by atoms with Crippen LogP contribution in [-0.4, -0.2) is 435 Å². The largest absolute Gasteiger partial charge is 0.394 e. The molecule has 0 aromatic carbocycles. The number of aliphatic hydroxyl groups excluding tert-OH is 21. The van der Waals surface area contributed by atoms with E-state index in [1.54, 1.807) is 0 Å². The van der Waals surface area contributed by atoms with Crippen LogP contribution in [0.15, 0.2) is 0 Å². The van der Waals surface area contributed by atoms with Crippen molar-refractivity contribution in [3.63, 3.8) is 0 Å². The molecule has 0 aromatic rings. The molecule has 26 N–H and O–H groups in total. The van der Waals surface area contributed by atoms with Gasteiger partial charge in [0.1, 0.15) is 195 Å². The van der Waals surface area contributed by atoms with Gasteiger partial charge in [-0.05, 0) is 0 Å². The summed E-state index contributed by atoms with van der Waals surface area (Å²) >= 11 is 0. The molecule has 0 unspecified atom stereocenters. The second-order valence-corrected chi connectivity index (χ2v) is 26.1. The van der Waals surface area contributed by atoms with Crippen LogP contribution < -0.4 is 26.6 Å². The first-order valence-corrected chi connectivity index (χ1v) is 33.1. The van der Waals surface area contributed by atoms with Crippen molar-refractivity contribution >= 4 is 29.5 Å². The topological polar surface area (TPSA) is 709 Å². The minimum atomic E-state index is -2.51. The number of rotatable bonds is 27. The molecule has 600 valence electrons. The summed E-state index contributed by atoms with van der Waals surface area (Å²) in [6.45, 7) is -3.56. The van der Waals surface area contributed by atoms with E-state index in [2.05, 4.69) is 26.6 Å². The Morgan fingerprint density at radius 1 is 0.250 bits per heavy atom. The van der Waals surface area contributed by atoms with Gasteiger partial charge in [0.25, 0.3) is 0 Å². The van der Waals surface area contributed by atoms with Crippen LogP contribution in [0.5, 0.6) is 0 Å². The van der Waals surface area contributed by atoms with Crippen LogP contribution in [0.25, 0.3) is 0 Å². The van der Waals surface area contributed by atoms with Gasteiger partial charge in [-0.25, -0.2) is 0 Å². The van der Waals surface area contributed by atoms with Gasteiger partial charge < -0.3 is 205 Å². The van der Waals surface area contributed by atoms with Gasteiger partial charge in [-0.15, -0.1) is 0 Å². The van der Waals surface area contributed by atoms with E-state index >= 15 is 0 Å². The molecule has 8 aliphatic rings. The molecular formula is C58H97N5O41. The second-order valence-electron chi connectivity index (χ2n) is 26.1. The number of carbonyl (C=O) groups excluding carboxylic acids is 5. The highest BCUT2D eigenvalue weighted by Gasteiger charge is 2.60. The van der Waals surface area contributed by atoms with E-state index < -0.39 is 328 Å². The van der Waals surface area contributed by atoms with Gasteiger partial charge in [0.05, 0.1) is 52.9 Å². The van der Waals surface area contributed by atoms with Gasteiger partial charge in [0.15, 0.2) is 50.3 Å². The molecule has 8 heterocycles. The number of ether oxygens (including phenoxy) is 15. The lowest BCUT2D eigenvalue weighted by molar-refractivity contribution is -0.396. The highest BCUT2D eigenvalue weighted by Crippen LogP contribution is 2.39. The van der Waals surface area contributed by atoms with Crippen LogP contribution in [0.1, 0.15) is 34.6 Å². The molecule has 46 nitrogen and oxygen atoms in total. The van der Waals surface area contributed by atoms with E-state index in [4.69, 9.17) is 71.1 Å².